The van der Waals surface area contributed by atoms with Crippen LogP contribution in [0.5, 0.6) is 0 Å². The molecule has 1 unspecified atom stereocenters. The molecule has 1 saturated carbocycles. The third-order valence-corrected chi connectivity index (χ3v) is 4.12. The van der Waals surface area contributed by atoms with Gasteiger partial charge in [0.2, 0.25) is 0 Å². The number of aromatic carboxylic acids is 1. The van der Waals surface area contributed by atoms with E-state index in [0.29, 0.717) is 17.9 Å². The van der Waals surface area contributed by atoms with Crippen molar-refractivity contribution in [3.63, 3.8) is 0 Å². The molecule has 1 N–H and O–H groups in total. The second-order valence-corrected chi connectivity index (χ2v) is 5.74. The summed E-state index contributed by atoms with van der Waals surface area (Å²) in [7, 11) is 0. The van der Waals surface area contributed by atoms with E-state index in [1.807, 2.05) is 13.0 Å². The topological polar surface area (TPSA) is 83.9 Å². The molecule has 6 nitrogen and oxygen atoms in total. The van der Waals surface area contributed by atoms with Gasteiger partial charge in [0.1, 0.15) is 17.1 Å². The number of hydrogen-bond donors (Lipinski definition) is 1. The second kappa shape index (κ2) is 5.95. The summed E-state index contributed by atoms with van der Waals surface area (Å²) in [6, 6.07) is 4.86. The van der Waals surface area contributed by atoms with E-state index in [1.54, 1.807) is 24.2 Å². The lowest BCUT2D eigenvalue weighted by Gasteiger charge is -2.27. The first-order valence-corrected chi connectivity index (χ1v) is 7.75. The zero-order valence-electron chi connectivity index (χ0n) is 13.1. The molecule has 0 aromatic carbocycles. The third-order valence-electron chi connectivity index (χ3n) is 4.12. The predicted molar refractivity (Wildman–Crippen MR) is 81.4 cm³/mol. The number of carboxylic acids is 1. The molecule has 1 aliphatic carbocycles. The van der Waals surface area contributed by atoms with Crippen molar-refractivity contribution in [3.05, 3.63) is 47.3 Å². The molecule has 0 spiro atoms. The van der Waals surface area contributed by atoms with Crippen LogP contribution in [0.25, 0.3) is 0 Å². The van der Waals surface area contributed by atoms with E-state index >= 15 is 0 Å². The number of aryl methyl sites for hydroxylation is 1. The molecule has 2 heterocycles. The Morgan fingerprint density at radius 3 is 2.65 bits per heavy atom. The van der Waals surface area contributed by atoms with E-state index < -0.39 is 5.97 Å². The fraction of sp³-hybridized carbons (Fsp3) is 0.412. The van der Waals surface area contributed by atoms with Crippen LogP contribution in [-0.2, 0) is 6.42 Å². The van der Waals surface area contributed by atoms with Gasteiger partial charge in [-0.25, -0.2) is 4.79 Å². The first-order valence-electron chi connectivity index (χ1n) is 7.75. The molecular weight excluding hydrogens is 298 g/mol. The van der Waals surface area contributed by atoms with Crippen molar-refractivity contribution in [2.75, 3.05) is 0 Å². The highest BCUT2D eigenvalue weighted by molar-refractivity contribution is 5.96. The van der Waals surface area contributed by atoms with Gasteiger partial charge in [0, 0.05) is 18.5 Å². The number of amides is 1. The summed E-state index contributed by atoms with van der Waals surface area (Å²) in [4.78, 5) is 25.8. The van der Waals surface area contributed by atoms with Gasteiger partial charge in [-0.3, -0.25) is 4.79 Å². The molecule has 2 aromatic rings. The summed E-state index contributed by atoms with van der Waals surface area (Å²) in [6.45, 7) is 3.69. The number of carbonyl (C=O) groups excluding carboxylic acids is 1. The van der Waals surface area contributed by atoms with Crippen LogP contribution >= 0.6 is 0 Å². The Hall–Kier alpha value is -2.50. The molecule has 6 heteroatoms. The van der Waals surface area contributed by atoms with Gasteiger partial charge < -0.3 is 18.8 Å². The summed E-state index contributed by atoms with van der Waals surface area (Å²) in [5, 5.41) is 9.21. The van der Waals surface area contributed by atoms with Gasteiger partial charge in [0.15, 0.2) is 5.76 Å². The number of rotatable bonds is 6. The minimum atomic E-state index is -1.08. The SMILES string of the molecule is CCc1oc(C(=O)N(C2CC2)C(C)c2ccco2)cc1C(=O)O. The normalized spacial score (nSPS) is 15.4. The Bertz CT molecular complexity index is 711. The van der Waals surface area contributed by atoms with Crippen LogP contribution < -0.4 is 0 Å². The van der Waals surface area contributed by atoms with Gasteiger partial charge >= 0.3 is 5.97 Å². The number of hydrogen-bond acceptors (Lipinski definition) is 4. The minimum absolute atomic E-state index is 0.0530. The molecule has 0 aliphatic heterocycles. The standard InChI is InChI=1S/C17H19NO5/c1-3-13-12(17(20)21)9-15(23-13)16(19)18(11-6-7-11)10(2)14-5-4-8-22-14/h4-5,8-11H,3,6-7H2,1-2H3,(H,20,21). The van der Waals surface area contributed by atoms with E-state index in [2.05, 4.69) is 0 Å². The van der Waals surface area contributed by atoms with Crippen LogP contribution in [0.4, 0.5) is 0 Å². The van der Waals surface area contributed by atoms with Crippen LogP contribution in [0, 0.1) is 0 Å². The van der Waals surface area contributed by atoms with Crippen LogP contribution in [0.3, 0.4) is 0 Å². The molecule has 3 rings (SSSR count). The lowest BCUT2D eigenvalue weighted by Crippen LogP contribution is -2.35. The molecule has 0 radical (unpaired) electrons. The maximum Gasteiger partial charge on any atom is 0.339 e. The molecule has 0 saturated heterocycles. The molecule has 1 atom stereocenters. The van der Waals surface area contributed by atoms with Gasteiger partial charge in [0.25, 0.3) is 5.91 Å². The fourth-order valence-corrected chi connectivity index (χ4v) is 2.78. The Balaban J connectivity index is 1.91. The molecular formula is C17H19NO5. The molecule has 1 fully saturated rings. The van der Waals surface area contributed by atoms with Gasteiger partial charge in [-0.15, -0.1) is 0 Å². The Morgan fingerprint density at radius 1 is 1.43 bits per heavy atom. The number of carboxylic acid groups (broad SMARTS) is 1. The predicted octanol–water partition coefficient (Wildman–Crippen LogP) is 3.50. The average molecular weight is 317 g/mol. The van der Waals surface area contributed by atoms with Crippen molar-refractivity contribution >= 4 is 11.9 Å². The van der Waals surface area contributed by atoms with Crippen LogP contribution in [0.2, 0.25) is 0 Å². The lowest BCUT2D eigenvalue weighted by atomic mass is 10.1. The summed E-state index contributed by atoms with van der Waals surface area (Å²) in [6.07, 6.45) is 3.87. The van der Waals surface area contributed by atoms with E-state index in [9.17, 15) is 14.7 Å². The lowest BCUT2D eigenvalue weighted by molar-refractivity contribution is 0.0616. The zero-order chi connectivity index (χ0) is 16.6. The molecule has 122 valence electrons. The van der Waals surface area contributed by atoms with E-state index in [0.717, 1.165) is 12.8 Å². The van der Waals surface area contributed by atoms with Crippen LogP contribution in [0.1, 0.15) is 65.2 Å². The van der Waals surface area contributed by atoms with Gasteiger partial charge in [0.05, 0.1) is 12.3 Å². The molecule has 0 bridgehead atoms. The highest BCUT2D eigenvalue weighted by atomic mass is 16.4. The quantitative estimate of drug-likeness (QED) is 0.881. The van der Waals surface area contributed by atoms with Crippen molar-refractivity contribution in [3.8, 4) is 0 Å². The first kappa shape index (κ1) is 15.4. The number of carbonyl (C=O) groups is 2. The highest BCUT2D eigenvalue weighted by Gasteiger charge is 2.39. The van der Waals surface area contributed by atoms with E-state index in [1.165, 1.54) is 6.07 Å². The van der Waals surface area contributed by atoms with Crippen molar-refractivity contribution in [1.29, 1.82) is 0 Å². The Labute approximate surface area is 133 Å². The Kier molecular flexibility index (Phi) is 3.98. The van der Waals surface area contributed by atoms with E-state index in [-0.39, 0.29) is 29.3 Å². The molecule has 23 heavy (non-hydrogen) atoms. The van der Waals surface area contributed by atoms with Crippen LogP contribution in [-0.4, -0.2) is 27.9 Å². The van der Waals surface area contributed by atoms with Crippen molar-refractivity contribution < 1.29 is 23.5 Å². The smallest absolute Gasteiger partial charge is 0.339 e. The van der Waals surface area contributed by atoms with Crippen molar-refractivity contribution in [2.24, 2.45) is 0 Å². The summed E-state index contributed by atoms with van der Waals surface area (Å²) < 4.78 is 10.9. The summed E-state index contributed by atoms with van der Waals surface area (Å²) in [5.41, 5.74) is 0.0530. The number of nitrogens with zero attached hydrogens (tertiary/aromatic N) is 1. The zero-order valence-corrected chi connectivity index (χ0v) is 13.1. The summed E-state index contributed by atoms with van der Waals surface area (Å²) >= 11 is 0. The van der Waals surface area contributed by atoms with Gasteiger partial charge in [-0.1, -0.05) is 6.92 Å². The fourth-order valence-electron chi connectivity index (χ4n) is 2.78. The van der Waals surface area contributed by atoms with Crippen molar-refractivity contribution in [1.82, 2.24) is 4.90 Å². The van der Waals surface area contributed by atoms with Crippen LogP contribution in [0.15, 0.2) is 33.3 Å². The van der Waals surface area contributed by atoms with Crippen molar-refractivity contribution in [2.45, 2.75) is 45.2 Å². The average Bonchev–Trinajstić information content (AvgIpc) is 3.07. The third kappa shape index (κ3) is 2.88. The molecule has 1 aliphatic rings. The maximum atomic E-state index is 12.9. The van der Waals surface area contributed by atoms with E-state index in [4.69, 9.17) is 8.83 Å². The number of furan rings is 2. The first-order chi connectivity index (χ1) is 11.0. The second-order valence-electron chi connectivity index (χ2n) is 5.74. The molecule has 1 amide bonds. The monoisotopic (exact) mass is 317 g/mol. The summed E-state index contributed by atoms with van der Waals surface area (Å²) in [5.74, 6) is -0.280. The molecule has 2 aromatic heterocycles. The van der Waals surface area contributed by atoms with Gasteiger partial charge in [-0.2, -0.15) is 0 Å². The minimum Gasteiger partial charge on any atom is -0.478 e. The Morgan fingerprint density at radius 2 is 2.17 bits per heavy atom. The van der Waals surface area contributed by atoms with Gasteiger partial charge in [-0.05, 0) is 31.9 Å². The highest BCUT2D eigenvalue weighted by Crippen LogP contribution is 2.36. The largest absolute Gasteiger partial charge is 0.478 e. The maximum absolute atomic E-state index is 12.9.